The maximum atomic E-state index is 11.8. The van der Waals surface area contributed by atoms with Crippen LogP contribution in [0, 0.1) is 6.92 Å². The molecule has 1 amide bonds. The Morgan fingerprint density at radius 1 is 1.10 bits per heavy atom. The van der Waals surface area contributed by atoms with E-state index in [1.165, 1.54) is 0 Å². The summed E-state index contributed by atoms with van der Waals surface area (Å²) in [6, 6.07) is 15.1. The second-order valence-corrected chi connectivity index (χ2v) is 4.50. The quantitative estimate of drug-likeness (QED) is 0.878. The van der Waals surface area contributed by atoms with Crippen molar-refractivity contribution in [3.63, 3.8) is 0 Å². The number of hydrogen-bond donors (Lipinski definition) is 2. The number of amides is 1. The van der Waals surface area contributed by atoms with E-state index < -0.39 is 0 Å². The van der Waals surface area contributed by atoms with Gasteiger partial charge in [0.15, 0.2) is 0 Å². The van der Waals surface area contributed by atoms with Gasteiger partial charge in [0.25, 0.3) is 0 Å². The Morgan fingerprint density at radius 2 is 1.85 bits per heavy atom. The number of anilines is 2. The number of hydrogen-bond acceptors (Lipinski definition) is 3. The summed E-state index contributed by atoms with van der Waals surface area (Å²) >= 11 is 0. The van der Waals surface area contributed by atoms with Crippen molar-refractivity contribution in [1.29, 1.82) is 0 Å². The molecule has 0 fully saturated rings. The molecule has 0 unspecified atom stereocenters. The molecule has 104 valence electrons. The molecule has 2 rings (SSSR count). The minimum atomic E-state index is -0.0864. The highest BCUT2D eigenvalue weighted by atomic mass is 16.5. The third-order valence-corrected chi connectivity index (χ3v) is 2.84. The lowest BCUT2D eigenvalue weighted by Gasteiger charge is -2.09. The summed E-state index contributed by atoms with van der Waals surface area (Å²) in [6.45, 7) is 2.25. The van der Waals surface area contributed by atoms with Gasteiger partial charge in [0, 0.05) is 11.4 Å². The van der Waals surface area contributed by atoms with E-state index in [-0.39, 0.29) is 12.5 Å². The van der Waals surface area contributed by atoms with Gasteiger partial charge in [0.1, 0.15) is 5.75 Å². The molecule has 0 heterocycles. The molecule has 0 aliphatic carbocycles. The number of nitrogens with one attached hydrogen (secondary N) is 2. The van der Waals surface area contributed by atoms with Crippen LogP contribution in [0.2, 0.25) is 0 Å². The summed E-state index contributed by atoms with van der Waals surface area (Å²) in [5.41, 5.74) is 2.85. The summed E-state index contributed by atoms with van der Waals surface area (Å²) in [5, 5.41) is 5.91. The number of rotatable bonds is 5. The van der Waals surface area contributed by atoms with Gasteiger partial charge in [-0.2, -0.15) is 0 Å². The molecule has 0 radical (unpaired) electrons. The van der Waals surface area contributed by atoms with Crippen molar-refractivity contribution in [3.8, 4) is 5.75 Å². The Balaban J connectivity index is 1.85. The molecule has 4 nitrogen and oxygen atoms in total. The molecule has 0 spiro atoms. The second-order valence-electron chi connectivity index (χ2n) is 4.50. The van der Waals surface area contributed by atoms with Crippen LogP contribution in [0.25, 0.3) is 0 Å². The predicted octanol–water partition coefficient (Wildman–Crippen LogP) is 3.05. The molecule has 0 atom stereocenters. The van der Waals surface area contributed by atoms with Crippen LogP contribution in [0.5, 0.6) is 5.75 Å². The Bertz CT molecular complexity index is 579. The lowest BCUT2D eigenvalue weighted by atomic mass is 10.2. The van der Waals surface area contributed by atoms with Crippen molar-refractivity contribution in [1.82, 2.24) is 0 Å². The lowest BCUT2D eigenvalue weighted by Crippen LogP contribution is -2.21. The minimum Gasteiger partial charge on any atom is -0.497 e. The molecule has 0 saturated carbocycles. The molecule has 0 aromatic heterocycles. The molecule has 2 aromatic carbocycles. The Morgan fingerprint density at radius 3 is 2.50 bits per heavy atom. The average Bonchev–Trinajstić information content (AvgIpc) is 2.46. The molecule has 0 aliphatic rings. The Kier molecular flexibility index (Phi) is 4.60. The number of benzene rings is 2. The highest BCUT2D eigenvalue weighted by Gasteiger charge is 2.02. The molecule has 0 aliphatic heterocycles. The highest BCUT2D eigenvalue weighted by molar-refractivity contribution is 5.93. The van der Waals surface area contributed by atoms with Crippen LogP contribution in [0.15, 0.2) is 48.5 Å². The van der Waals surface area contributed by atoms with Gasteiger partial charge in [-0.1, -0.05) is 12.1 Å². The van der Waals surface area contributed by atoms with Crippen molar-refractivity contribution in [2.24, 2.45) is 0 Å². The fraction of sp³-hybridized carbons (Fsp3) is 0.188. The lowest BCUT2D eigenvalue weighted by molar-refractivity contribution is -0.114. The summed E-state index contributed by atoms with van der Waals surface area (Å²) in [6.07, 6.45) is 0. The molecule has 4 heteroatoms. The van der Waals surface area contributed by atoms with Crippen LogP contribution in [-0.4, -0.2) is 19.6 Å². The third-order valence-electron chi connectivity index (χ3n) is 2.84. The van der Waals surface area contributed by atoms with Crippen LogP contribution in [-0.2, 0) is 4.79 Å². The minimum absolute atomic E-state index is 0.0864. The van der Waals surface area contributed by atoms with Gasteiger partial charge in [0.05, 0.1) is 13.7 Å². The summed E-state index contributed by atoms with van der Waals surface area (Å²) < 4.78 is 5.07. The molecule has 0 bridgehead atoms. The summed E-state index contributed by atoms with van der Waals surface area (Å²) in [5.74, 6) is 0.678. The zero-order chi connectivity index (χ0) is 14.4. The number of ether oxygens (including phenoxy) is 1. The van der Waals surface area contributed by atoms with Gasteiger partial charge in [-0.05, 0) is 48.9 Å². The van der Waals surface area contributed by atoms with E-state index in [0.29, 0.717) is 0 Å². The first-order valence-corrected chi connectivity index (χ1v) is 6.42. The van der Waals surface area contributed by atoms with Crippen LogP contribution >= 0.6 is 0 Å². The van der Waals surface area contributed by atoms with E-state index in [0.717, 1.165) is 22.7 Å². The first-order chi connectivity index (χ1) is 9.67. The monoisotopic (exact) mass is 270 g/mol. The first kappa shape index (κ1) is 13.9. The van der Waals surface area contributed by atoms with Gasteiger partial charge >= 0.3 is 0 Å². The maximum Gasteiger partial charge on any atom is 0.243 e. The van der Waals surface area contributed by atoms with Crippen LogP contribution in [0.1, 0.15) is 5.56 Å². The highest BCUT2D eigenvalue weighted by Crippen LogP contribution is 2.15. The third kappa shape index (κ3) is 4.02. The molecule has 2 N–H and O–H groups in total. The van der Waals surface area contributed by atoms with E-state index in [2.05, 4.69) is 10.6 Å². The number of aryl methyl sites for hydroxylation is 1. The molecule has 2 aromatic rings. The van der Waals surface area contributed by atoms with E-state index in [4.69, 9.17) is 4.74 Å². The number of methoxy groups -OCH3 is 1. The van der Waals surface area contributed by atoms with Crippen molar-refractivity contribution in [2.45, 2.75) is 6.92 Å². The van der Waals surface area contributed by atoms with E-state index >= 15 is 0 Å². The largest absolute Gasteiger partial charge is 0.497 e. The van der Waals surface area contributed by atoms with E-state index in [1.807, 2.05) is 55.5 Å². The standard InChI is InChI=1S/C16H18N2O2/c1-12-4-3-5-14(10-12)17-11-16(19)18-13-6-8-15(20-2)9-7-13/h3-10,17H,11H2,1-2H3,(H,18,19). The predicted molar refractivity (Wildman–Crippen MR) is 81.3 cm³/mol. The van der Waals surface area contributed by atoms with Gasteiger partial charge in [-0.3, -0.25) is 4.79 Å². The smallest absolute Gasteiger partial charge is 0.243 e. The van der Waals surface area contributed by atoms with Crippen molar-refractivity contribution in [2.75, 3.05) is 24.3 Å². The summed E-state index contributed by atoms with van der Waals surface area (Å²) in [7, 11) is 1.61. The van der Waals surface area contributed by atoms with Crippen LogP contribution in [0.3, 0.4) is 0 Å². The molecular formula is C16H18N2O2. The van der Waals surface area contributed by atoms with Crippen molar-refractivity contribution >= 4 is 17.3 Å². The number of carbonyl (C=O) groups is 1. The normalized spacial score (nSPS) is 9.90. The zero-order valence-corrected chi connectivity index (χ0v) is 11.6. The zero-order valence-electron chi connectivity index (χ0n) is 11.6. The van der Waals surface area contributed by atoms with E-state index in [9.17, 15) is 4.79 Å². The second kappa shape index (κ2) is 6.61. The van der Waals surface area contributed by atoms with Gasteiger partial charge in [-0.25, -0.2) is 0 Å². The Hall–Kier alpha value is -2.49. The summed E-state index contributed by atoms with van der Waals surface area (Å²) in [4.78, 5) is 11.8. The van der Waals surface area contributed by atoms with Gasteiger partial charge < -0.3 is 15.4 Å². The number of carbonyl (C=O) groups excluding carboxylic acids is 1. The molecular weight excluding hydrogens is 252 g/mol. The maximum absolute atomic E-state index is 11.8. The SMILES string of the molecule is COc1ccc(NC(=O)CNc2cccc(C)c2)cc1. The van der Waals surface area contributed by atoms with Crippen molar-refractivity contribution in [3.05, 3.63) is 54.1 Å². The van der Waals surface area contributed by atoms with Gasteiger partial charge in [0.2, 0.25) is 5.91 Å². The van der Waals surface area contributed by atoms with Crippen LogP contribution < -0.4 is 15.4 Å². The van der Waals surface area contributed by atoms with Crippen molar-refractivity contribution < 1.29 is 9.53 Å². The molecule has 20 heavy (non-hydrogen) atoms. The van der Waals surface area contributed by atoms with Gasteiger partial charge in [-0.15, -0.1) is 0 Å². The Labute approximate surface area is 118 Å². The fourth-order valence-electron chi connectivity index (χ4n) is 1.82. The van der Waals surface area contributed by atoms with Crippen LogP contribution in [0.4, 0.5) is 11.4 Å². The molecule has 0 saturated heterocycles. The average molecular weight is 270 g/mol. The fourth-order valence-corrected chi connectivity index (χ4v) is 1.82. The first-order valence-electron chi connectivity index (χ1n) is 6.42. The van der Waals surface area contributed by atoms with E-state index in [1.54, 1.807) is 7.11 Å². The topological polar surface area (TPSA) is 50.4 Å².